The van der Waals surface area contributed by atoms with Crippen LogP contribution in [0.15, 0.2) is 29.3 Å². The molecule has 0 aliphatic carbocycles. The molecule has 0 saturated carbocycles. The maximum Gasteiger partial charge on any atom is 0.123 e. The van der Waals surface area contributed by atoms with Gasteiger partial charge < -0.3 is 0 Å². The van der Waals surface area contributed by atoms with Gasteiger partial charge in [-0.05, 0) is 24.1 Å². The monoisotopic (exact) mass is 165 g/mol. The molecule has 0 spiro atoms. The van der Waals surface area contributed by atoms with Crippen LogP contribution in [0.5, 0.6) is 0 Å². The van der Waals surface area contributed by atoms with Crippen molar-refractivity contribution >= 4 is 5.71 Å². The Morgan fingerprint density at radius 3 is 2.33 bits per heavy atom. The number of nitrogens with zero attached hydrogens (tertiary/aromatic N) is 1. The van der Waals surface area contributed by atoms with Gasteiger partial charge in [0, 0.05) is 12.8 Å². The Morgan fingerprint density at radius 2 is 1.92 bits per heavy atom. The van der Waals surface area contributed by atoms with Crippen LogP contribution in [0.2, 0.25) is 0 Å². The van der Waals surface area contributed by atoms with Gasteiger partial charge in [-0.2, -0.15) is 0 Å². The highest BCUT2D eigenvalue weighted by Gasteiger charge is 1.98. The standard InChI is InChI=1S/C10H12FN/c1-3-10(12-2)8-4-6-9(11)7-5-8/h4-7H,3H2,1-2H3. The van der Waals surface area contributed by atoms with Crippen molar-refractivity contribution in [2.45, 2.75) is 13.3 Å². The fourth-order valence-corrected chi connectivity index (χ4v) is 1.13. The molecule has 12 heavy (non-hydrogen) atoms. The van der Waals surface area contributed by atoms with Crippen LogP contribution in [-0.2, 0) is 0 Å². The molecule has 0 aromatic heterocycles. The zero-order valence-corrected chi connectivity index (χ0v) is 7.34. The van der Waals surface area contributed by atoms with Gasteiger partial charge in [0.25, 0.3) is 0 Å². The van der Waals surface area contributed by atoms with Gasteiger partial charge in [0.15, 0.2) is 0 Å². The van der Waals surface area contributed by atoms with E-state index in [2.05, 4.69) is 4.99 Å². The molecule has 0 radical (unpaired) electrons. The Morgan fingerprint density at radius 1 is 1.33 bits per heavy atom. The van der Waals surface area contributed by atoms with Crippen LogP contribution < -0.4 is 0 Å². The number of hydrogen-bond acceptors (Lipinski definition) is 1. The maximum atomic E-state index is 12.5. The molecular formula is C10H12FN. The molecule has 0 saturated heterocycles. The van der Waals surface area contributed by atoms with Crippen LogP contribution >= 0.6 is 0 Å². The molecular weight excluding hydrogens is 153 g/mol. The molecule has 64 valence electrons. The summed E-state index contributed by atoms with van der Waals surface area (Å²) in [5.41, 5.74) is 2.01. The lowest BCUT2D eigenvalue weighted by Crippen LogP contribution is -1.97. The van der Waals surface area contributed by atoms with Crippen LogP contribution in [0.4, 0.5) is 4.39 Å². The SMILES string of the molecule is CCC(=NC)c1ccc(F)cc1. The highest BCUT2D eigenvalue weighted by molar-refractivity contribution is 6.00. The van der Waals surface area contributed by atoms with Crippen molar-refractivity contribution in [2.24, 2.45) is 4.99 Å². The third-order valence-electron chi connectivity index (χ3n) is 1.78. The summed E-state index contributed by atoms with van der Waals surface area (Å²) in [6, 6.07) is 6.41. The summed E-state index contributed by atoms with van der Waals surface area (Å²) >= 11 is 0. The van der Waals surface area contributed by atoms with Crippen molar-refractivity contribution in [1.29, 1.82) is 0 Å². The average Bonchev–Trinajstić information content (AvgIpc) is 2.10. The lowest BCUT2D eigenvalue weighted by atomic mass is 10.1. The zero-order chi connectivity index (χ0) is 8.97. The van der Waals surface area contributed by atoms with E-state index in [9.17, 15) is 4.39 Å². The molecule has 0 bridgehead atoms. The molecule has 0 N–H and O–H groups in total. The van der Waals surface area contributed by atoms with Gasteiger partial charge in [0.2, 0.25) is 0 Å². The average molecular weight is 165 g/mol. The van der Waals surface area contributed by atoms with Crippen molar-refractivity contribution < 1.29 is 4.39 Å². The molecule has 0 aliphatic rings. The minimum Gasteiger partial charge on any atom is -0.292 e. The highest BCUT2D eigenvalue weighted by atomic mass is 19.1. The lowest BCUT2D eigenvalue weighted by molar-refractivity contribution is 0.627. The van der Waals surface area contributed by atoms with Gasteiger partial charge >= 0.3 is 0 Å². The van der Waals surface area contributed by atoms with Gasteiger partial charge in [-0.3, -0.25) is 4.99 Å². The summed E-state index contributed by atoms with van der Waals surface area (Å²) in [6.07, 6.45) is 0.877. The predicted molar refractivity (Wildman–Crippen MR) is 49.2 cm³/mol. The van der Waals surface area contributed by atoms with Gasteiger partial charge in [-0.15, -0.1) is 0 Å². The van der Waals surface area contributed by atoms with E-state index in [1.807, 2.05) is 6.92 Å². The summed E-state index contributed by atoms with van der Waals surface area (Å²) < 4.78 is 12.5. The second-order valence-electron chi connectivity index (χ2n) is 2.53. The van der Waals surface area contributed by atoms with E-state index in [-0.39, 0.29) is 5.82 Å². The number of hydrogen-bond donors (Lipinski definition) is 0. The summed E-state index contributed by atoms with van der Waals surface area (Å²) in [6.45, 7) is 2.03. The molecule has 2 heteroatoms. The molecule has 0 aliphatic heterocycles. The van der Waals surface area contributed by atoms with Gasteiger partial charge in [0.05, 0.1) is 0 Å². The lowest BCUT2D eigenvalue weighted by Gasteiger charge is -2.01. The van der Waals surface area contributed by atoms with E-state index in [1.54, 1.807) is 19.2 Å². The number of aliphatic imine (C=N–C) groups is 1. The van der Waals surface area contributed by atoms with Gasteiger partial charge in [-0.25, -0.2) is 4.39 Å². The quantitative estimate of drug-likeness (QED) is 0.597. The molecule has 0 heterocycles. The summed E-state index contributed by atoms with van der Waals surface area (Å²) in [5.74, 6) is -0.203. The number of rotatable bonds is 2. The van der Waals surface area contributed by atoms with Crippen molar-refractivity contribution in [3.63, 3.8) is 0 Å². The van der Waals surface area contributed by atoms with Crippen molar-refractivity contribution in [2.75, 3.05) is 7.05 Å². The van der Waals surface area contributed by atoms with Gasteiger partial charge in [0.1, 0.15) is 5.82 Å². The molecule has 1 nitrogen and oxygen atoms in total. The molecule has 0 unspecified atom stereocenters. The molecule has 1 aromatic rings. The third kappa shape index (κ3) is 1.91. The van der Waals surface area contributed by atoms with E-state index < -0.39 is 0 Å². The molecule has 1 aromatic carbocycles. The Bertz CT molecular complexity index is 274. The largest absolute Gasteiger partial charge is 0.292 e. The van der Waals surface area contributed by atoms with Crippen LogP contribution in [0.25, 0.3) is 0 Å². The fraction of sp³-hybridized carbons (Fsp3) is 0.300. The van der Waals surface area contributed by atoms with Crippen LogP contribution in [0.1, 0.15) is 18.9 Å². The van der Waals surface area contributed by atoms with E-state index >= 15 is 0 Å². The number of benzene rings is 1. The van der Waals surface area contributed by atoms with Crippen LogP contribution in [0, 0.1) is 5.82 Å². The van der Waals surface area contributed by atoms with Crippen LogP contribution in [-0.4, -0.2) is 12.8 Å². The third-order valence-corrected chi connectivity index (χ3v) is 1.78. The molecule has 1 rings (SSSR count). The first-order chi connectivity index (χ1) is 5.77. The summed E-state index contributed by atoms with van der Waals surface area (Å²) in [5, 5.41) is 0. The minimum atomic E-state index is -0.203. The Hall–Kier alpha value is -1.18. The minimum absolute atomic E-state index is 0.203. The highest BCUT2D eigenvalue weighted by Crippen LogP contribution is 2.06. The van der Waals surface area contributed by atoms with E-state index in [4.69, 9.17) is 0 Å². The number of halogens is 1. The van der Waals surface area contributed by atoms with E-state index in [1.165, 1.54) is 12.1 Å². The van der Waals surface area contributed by atoms with Gasteiger partial charge in [-0.1, -0.05) is 19.1 Å². The second kappa shape index (κ2) is 4.00. The Kier molecular flexibility index (Phi) is 2.97. The molecule has 0 amide bonds. The van der Waals surface area contributed by atoms with Crippen molar-refractivity contribution in [1.82, 2.24) is 0 Å². The maximum absolute atomic E-state index is 12.5. The zero-order valence-electron chi connectivity index (χ0n) is 7.34. The Labute approximate surface area is 72.0 Å². The molecule has 0 atom stereocenters. The smallest absolute Gasteiger partial charge is 0.123 e. The van der Waals surface area contributed by atoms with Crippen molar-refractivity contribution in [3.05, 3.63) is 35.6 Å². The summed E-state index contributed by atoms with van der Waals surface area (Å²) in [7, 11) is 1.75. The first-order valence-corrected chi connectivity index (χ1v) is 3.99. The second-order valence-corrected chi connectivity index (χ2v) is 2.53. The summed E-state index contributed by atoms with van der Waals surface area (Å²) in [4.78, 5) is 4.10. The Balaban J connectivity index is 2.96. The normalized spacial score (nSPS) is 11.8. The predicted octanol–water partition coefficient (Wildman–Crippen LogP) is 2.65. The first-order valence-electron chi connectivity index (χ1n) is 3.99. The first kappa shape index (κ1) is 8.91. The molecule has 0 fully saturated rings. The van der Waals surface area contributed by atoms with Crippen molar-refractivity contribution in [3.8, 4) is 0 Å². The fourth-order valence-electron chi connectivity index (χ4n) is 1.13. The van der Waals surface area contributed by atoms with E-state index in [0.29, 0.717) is 0 Å². The van der Waals surface area contributed by atoms with Crippen LogP contribution in [0.3, 0.4) is 0 Å². The topological polar surface area (TPSA) is 12.4 Å². The van der Waals surface area contributed by atoms with E-state index in [0.717, 1.165) is 17.7 Å².